The number of piperidine rings is 1. The van der Waals surface area contributed by atoms with Crippen molar-refractivity contribution in [2.45, 2.75) is 25.7 Å². The zero-order chi connectivity index (χ0) is 14.0. The molecule has 0 saturated carbocycles. The van der Waals surface area contributed by atoms with Gasteiger partial charge in [-0.1, -0.05) is 0 Å². The Bertz CT molecular complexity index is 484. The molecule has 2 rings (SSSR count). The van der Waals surface area contributed by atoms with Gasteiger partial charge in [-0.2, -0.15) is 0 Å². The Balaban J connectivity index is 2.21. The number of alkyl halides is 2. The number of hydrogen-bond acceptors (Lipinski definition) is 5. The van der Waals surface area contributed by atoms with Crippen LogP contribution >= 0.6 is 0 Å². The van der Waals surface area contributed by atoms with E-state index in [9.17, 15) is 13.6 Å². The van der Waals surface area contributed by atoms with E-state index in [4.69, 9.17) is 0 Å². The molecule has 1 aromatic heterocycles. The van der Waals surface area contributed by atoms with Crippen molar-refractivity contribution < 1.29 is 18.3 Å². The van der Waals surface area contributed by atoms with E-state index in [1.54, 1.807) is 11.8 Å². The maximum absolute atomic E-state index is 13.1. The molecule has 0 spiro atoms. The first kappa shape index (κ1) is 13.6. The number of methoxy groups -OCH3 is 1. The van der Waals surface area contributed by atoms with Crippen molar-refractivity contribution in [1.82, 2.24) is 9.97 Å². The number of nitrogens with zero attached hydrogens (tertiary/aromatic N) is 3. The molecule has 1 saturated heterocycles. The highest BCUT2D eigenvalue weighted by Crippen LogP contribution is 2.29. The van der Waals surface area contributed by atoms with Crippen molar-refractivity contribution in [3.8, 4) is 0 Å². The van der Waals surface area contributed by atoms with Gasteiger partial charge in [-0.3, -0.25) is 0 Å². The van der Waals surface area contributed by atoms with Gasteiger partial charge in [0.25, 0.3) is 5.92 Å². The van der Waals surface area contributed by atoms with Crippen molar-refractivity contribution in [2.75, 3.05) is 25.1 Å². The van der Waals surface area contributed by atoms with Gasteiger partial charge in [0.1, 0.15) is 0 Å². The molecule has 1 aliphatic heterocycles. The van der Waals surface area contributed by atoms with Gasteiger partial charge in [0, 0.05) is 31.6 Å². The van der Waals surface area contributed by atoms with Crippen molar-refractivity contribution in [2.24, 2.45) is 0 Å². The fourth-order valence-electron chi connectivity index (χ4n) is 1.94. The summed E-state index contributed by atoms with van der Waals surface area (Å²) in [6, 6.07) is 1.51. The first-order chi connectivity index (χ1) is 8.91. The minimum absolute atomic E-state index is 0.141. The molecular formula is C12H15F2N3O2. The maximum Gasteiger partial charge on any atom is 0.356 e. The van der Waals surface area contributed by atoms with Crippen LogP contribution in [0.25, 0.3) is 0 Å². The molecule has 0 amide bonds. The average Bonchev–Trinajstić information content (AvgIpc) is 2.37. The Morgan fingerprint density at radius 1 is 1.37 bits per heavy atom. The number of anilines is 1. The Hall–Kier alpha value is -1.79. The molecule has 0 aromatic carbocycles. The van der Waals surface area contributed by atoms with E-state index in [0.717, 1.165) is 0 Å². The number of aromatic nitrogens is 2. The molecule has 1 fully saturated rings. The summed E-state index contributed by atoms with van der Waals surface area (Å²) in [6.07, 6.45) is -0.449. The molecule has 0 atom stereocenters. The quantitative estimate of drug-likeness (QED) is 0.768. The summed E-state index contributed by atoms with van der Waals surface area (Å²) in [6.45, 7) is 2.07. The fraction of sp³-hybridized carbons (Fsp3) is 0.583. The third-order valence-corrected chi connectivity index (χ3v) is 3.01. The van der Waals surface area contributed by atoms with E-state index in [1.165, 1.54) is 13.2 Å². The number of esters is 1. The zero-order valence-electron chi connectivity index (χ0n) is 10.8. The number of carbonyl (C=O) groups excluding carboxylic acids is 1. The second kappa shape index (κ2) is 5.07. The number of carbonyl (C=O) groups is 1. The van der Waals surface area contributed by atoms with Crippen LogP contribution in [0.1, 0.15) is 29.0 Å². The zero-order valence-corrected chi connectivity index (χ0v) is 10.8. The average molecular weight is 271 g/mol. The Kier molecular flexibility index (Phi) is 3.64. The van der Waals surface area contributed by atoms with Gasteiger partial charge < -0.3 is 9.64 Å². The Labute approximate surface area is 109 Å². The van der Waals surface area contributed by atoms with Crippen LogP contribution < -0.4 is 4.90 Å². The minimum atomic E-state index is -2.62. The fourth-order valence-corrected chi connectivity index (χ4v) is 1.94. The molecule has 7 heteroatoms. The van der Waals surface area contributed by atoms with Gasteiger partial charge in [0.2, 0.25) is 5.95 Å². The standard InChI is InChI=1S/C12H15F2N3O2/c1-8-7-9(10(18)19-2)16-11(15-8)17-5-3-12(13,14)4-6-17/h7H,3-6H2,1-2H3. The molecule has 1 aliphatic rings. The van der Waals surface area contributed by atoms with Crippen LogP contribution in [0.15, 0.2) is 6.07 Å². The van der Waals surface area contributed by atoms with E-state index in [0.29, 0.717) is 11.6 Å². The van der Waals surface area contributed by atoms with Crippen LogP contribution in [-0.2, 0) is 4.74 Å². The molecule has 19 heavy (non-hydrogen) atoms. The van der Waals surface area contributed by atoms with Crippen LogP contribution in [0, 0.1) is 6.92 Å². The van der Waals surface area contributed by atoms with Gasteiger partial charge in [0.05, 0.1) is 7.11 Å². The molecule has 0 bridgehead atoms. The van der Waals surface area contributed by atoms with E-state index in [2.05, 4.69) is 14.7 Å². The Morgan fingerprint density at radius 3 is 2.58 bits per heavy atom. The lowest BCUT2D eigenvalue weighted by Crippen LogP contribution is -2.40. The largest absolute Gasteiger partial charge is 0.464 e. The highest BCUT2D eigenvalue weighted by molar-refractivity contribution is 5.87. The van der Waals surface area contributed by atoms with Gasteiger partial charge in [0.15, 0.2) is 5.69 Å². The van der Waals surface area contributed by atoms with Crippen LogP contribution in [0.3, 0.4) is 0 Å². The summed E-state index contributed by atoms with van der Waals surface area (Å²) in [5, 5.41) is 0. The van der Waals surface area contributed by atoms with Crippen molar-refractivity contribution in [3.63, 3.8) is 0 Å². The smallest absolute Gasteiger partial charge is 0.356 e. The second-order valence-corrected chi connectivity index (χ2v) is 4.53. The normalized spacial score (nSPS) is 18.2. The maximum atomic E-state index is 13.1. The summed E-state index contributed by atoms with van der Waals surface area (Å²) < 4.78 is 30.8. The molecule has 104 valence electrons. The summed E-state index contributed by atoms with van der Waals surface area (Å²) in [5.74, 6) is -2.88. The predicted molar refractivity (Wildman–Crippen MR) is 64.5 cm³/mol. The lowest BCUT2D eigenvalue weighted by atomic mass is 10.1. The summed E-state index contributed by atoms with van der Waals surface area (Å²) in [4.78, 5) is 21.4. The van der Waals surface area contributed by atoms with Crippen molar-refractivity contribution >= 4 is 11.9 Å². The SMILES string of the molecule is COC(=O)c1cc(C)nc(N2CCC(F)(F)CC2)n1. The first-order valence-electron chi connectivity index (χ1n) is 5.98. The molecule has 0 unspecified atom stereocenters. The third kappa shape index (κ3) is 3.15. The topological polar surface area (TPSA) is 55.3 Å². The predicted octanol–water partition coefficient (Wildman–Crippen LogP) is 1.81. The number of aryl methyl sites for hydroxylation is 1. The van der Waals surface area contributed by atoms with Crippen molar-refractivity contribution in [3.05, 3.63) is 17.5 Å². The van der Waals surface area contributed by atoms with E-state index in [1.807, 2.05) is 0 Å². The monoisotopic (exact) mass is 271 g/mol. The van der Waals surface area contributed by atoms with Gasteiger partial charge in [-0.15, -0.1) is 0 Å². The highest BCUT2D eigenvalue weighted by atomic mass is 19.3. The lowest BCUT2D eigenvalue weighted by molar-refractivity contribution is -0.0222. The molecule has 0 aliphatic carbocycles. The second-order valence-electron chi connectivity index (χ2n) is 4.53. The van der Waals surface area contributed by atoms with Crippen LogP contribution in [0.5, 0.6) is 0 Å². The minimum Gasteiger partial charge on any atom is -0.464 e. The number of hydrogen-bond donors (Lipinski definition) is 0. The number of rotatable bonds is 2. The highest BCUT2D eigenvalue weighted by Gasteiger charge is 2.35. The Morgan fingerprint density at radius 2 is 2.00 bits per heavy atom. The van der Waals surface area contributed by atoms with Gasteiger partial charge >= 0.3 is 5.97 Å². The van der Waals surface area contributed by atoms with Crippen LogP contribution in [0.4, 0.5) is 14.7 Å². The van der Waals surface area contributed by atoms with Crippen LogP contribution in [-0.4, -0.2) is 42.1 Å². The van der Waals surface area contributed by atoms with E-state index in [-0.39, 0.29) is 31.6 Å². The van der Waals surface area contributed by atoms with E-state index >= 15 is 0 Å². The molecule has 0 N–H and O–H groups in total. The molecule has 1 aromatic rings. The number of ether oxygens (including phenoxy) is 1. The molecule has 0 radical (unpaired) electrons. The first-order valence-corrected chi connectivity index (χ1v) is 5.98. The number of halogens is 2. The van der Waals surface area contributed by atoms with E-state index < -0.39 is 11.9 Å². The van der Waals surface area contributed by atoms with Gasteiger partial charge in [-0.05, 0) is 13.0 Å². The summed E-state index contributed by atoms with van der Waals surface area (Å²) in [7, 11) is 1.26. The summed E-state index contributed by atoms with van der Waals surface area (Å²) >= 11 is 0. The molecular weight excluding hydrogens is 256 g/mol. The summed E-state index contributed by atoms with van der Waals surface area (Å²) in [5.41, 5.74) is 0.741. The van der Waals surface area contributed by atoms with Gasteiger partial charge in [-0.25, -0.2) is 23.5 Å². The lowest BCUT2D eigenvalue weighted by Gasteiger charge is -2.31. The van der Waals surface area contributed by atoms with Crippen molar-refractivity contribution in [1.29, 1.82) is 0 Å². The third-order valence-electron chi connectivity index (χ3n) is 3.01. The molecule has 2 heterocycles. The van der Waals surface area contributed by atoms with Crippen LogP contribution in [0.2, 0.25) is 0 Å². The molecule has 5 nitrogen and oxygen atoms in total.